The van der Waals surface area contributed by atoms with E-state index in [0.29, 0.717) is 23.1 Å². The number of rotatable bonds is 2. The summed E-state index contributed by atoms with van der Waals surface area (Å²) in [6.07, 6.45) is 2.29. The lowest BCUT2D eigenvalue weighted by molar-refractivity contribution is 0.112. The molecule has 0 aliphatic rings. The fourth-order valence-corrected chi connectivity index (χ4v) is 1.39. The number of carbonyl (C=O) groups excluding carboxylic acids is 1. The van der Waals surface area contributed by atoms with Gasteiger partial charge in [0.1, 0.15) is 5.82 Å². The van der Waals surface area contributed by atoms with Gasteiger partial charge in [-0.2, -0.15) is 0 Å². The minimum atomic E-state index is -0.338. The summed E-state index contributed by atoms with van der Waals surface area (Å²) in [4.78, 5) is 14.8. The molecule has 1 aromatic carbocycles. The van der Waals surface area contributed by atoms with Crippen molar-refractivity contribution in [2.45, 2.75) is 0 Å². The van der Waals surface area contributed by atoms with E-state index in [9.17, 15) is 9.18 Å². The number of benzene rings is 1. The summed E-state index contributed by atoms with van der Waals surface area (Å²) in [5, 5.41) is 0. The lowest BCUT2D eigenvalue weighted by atomic mass is 10.1. The predicted octanol–water partition coefficient (Wildman–Crippen LogP) is 2.70. The quantitative estimate of drug-likeness (QED) is 0.699. The maximum atomic E-state index is 13.0. The van der Waals surface area contributed by atoms with Crippen molar-refractivity contribution in [2.75, 3.05) is 0 Å². The first kappa shape index (κ1) is 9.52. The highest BCUT2D eigenvalue weighted by molar-refractivity contribution is 5.85. The Labute approximate surface area is 86.4 Å². The summed E-state index contributed by atoms with van der Waals surface area (Å²) in [5.41, 5.74) is 1.58. The Kier molecular flexibility index (Phi) is 2.54. The minimum absolute atomic E-state index is 0.338. The van der Waals surface area contributed by atoms with Crippen LogP contribution >= 0.6 is 0 Å². The molecule has 0 spiro atoms. The Bertz CT molecular complexity index is 496. The maximum absolute atomic E-state index is 13.0. The first-order chi connectivity index (χ1) is 7.31. The Balaban J connectivity index is 2.58. The Morgan fingerprint density at radius 2 is 2.07 bits per heavy atom. The average molecular weight is 201 g/mol. The molecule has 2 nitrogen and oxygen atoms in total. The smallest absolute Gasteiger partial charge is 0.152 e. The summed E-state index contributed by atoms with van der Waals surface area (Å²) in [5.74, 6) is -0.338. The molecule has 0 atom stereocenters. The zero-order chi connectivity index (χ0) is 10.7. The highest BCUT2D eigenvalue weighted by atomic mass is 19.1. The van der Waals surface area contributed by atoms with Crippen molar-refractivity contribution in [3.05, 3.63) is 54.0 Å². The molecule has 0 aliphatic carbocycles. The van der Waals surface area contributed by atoms with Crippen LogP contribution in [0.5, 0.6) is 0 Å². The molecule has 0 amide bonds. The number of halogens is 1. The van der Waals surface area contributed by atoms with Crippen LogP contribution in [-0.4, -0.2) is 11.3 Å². The molecule has 0 saturated heterocycles. The topological polar surface area (TPSA) is 30.0 Å². The number of pyridine rings is 1. The lowest BCUT2D eigenvalue weighted by Crippen LogP contribution is -1.91. The van der Waals surface area contributed by atoms with E-state index >= 15 is 0 Å². The summed E-state index contributed by atoms with van der Waals surface area (Å²) in [6.45, 7) is 0. The molecule has 74 valence electrons. The molecule has 1 aromatic heterocycles. The van der Waals surface area contributed by atoms with Crippen molar-refractivity contribution >= 4 is 6.29 Å². The zero-order valence-corrected chi connectivity index (χ0v) is 7.85. The van der Waals surface area contributed by atoms with E-state index in [1.54, 1.807) is 30.5 Å². The number of hydrogen-bond donors (Lipinski definition) is 0. The SMILES string of the molecule is O=Cc1cccnc1-c1cccc(F)c1. The third-order valence-corrected chi connectivity index (χ3v) is 2.06. The number of nitrogens with zero attached hydrogens (tertiary/aromatic N) is 1. The van der Waals surface area contributed by atoms with Gasteiger partial charge in [0.2, 0.25) is 0 Å². The van der Waals surface area contributed by atoms with Crippen LogP contribution in [0.3, 0.4) is 0 Å². The molecule has 0 saturated carbocycles. The van der Waals surface area contributed by atoms with Crippen molar-refractivity contribution < 1.29 is 9.18 Å². The van der Waals surface area contributed by atoms with Crippen molar-refractivity contribution in [1.29, 1.82) is 0 Å². The second-order valence-electron chi connectivity index (χ2n) is 3.07. The first-order valence-corrected chi connectivity index (χ1v) is 4.47. The molecule has 1 heterocycles. The molecule has 0 radical (unpaired) electrons. The third-order valence-electron chi connectivity index (χ3n) is 2.06. The van der Waals surface area contributed by atoms with E-state index < -0.39 is 0 Å². The van der Waals surface area contributed by atoms with Gasteiger partial charge in [0, 0.05) is 17.3 Å². The number of carbonyl (C=O) groups is 1. The van der Waals surface area contributed by atoms with E-state index in [0.717, 1.165) is 0 Å². The molecule has 2 rings (SSSR count). The fourth-order valence-electron chi connectivity index (χ4n) is 1.39. The molecule has 0 N–H and O–H groups in total. The standard InChI is InChI=1S/C12H8FNO/c13-11-5-1-3-9(7-11)12-10(8-15)4-2-6-14-12/h1-8H. The normalized spacial score (nSPS) is 9.93. The third kappa shape index (κ3) is 1.91. The summed E-state index contributed by atoms with van der Waals surface area (Å²) < 4.78 is 13.0. The highest BCUT2D eigenvalue weighted by Crippen LogP contribution is 2.20. The van der Waals surface area contributed by atoms with Crippen LogP contribution in [0.15, 0.2) is 42.6 Å². The van der Waals surface area contributed by atoms with Gasteiger partial charge in [-0.15, -0.1) is 0 Å². The largest absolute Gasteiger partial charge is 0.298 e. The molecule has 0 bridgehead atoms. The summed E-state index contributed by atoms with van der Waals surface area (Å²) >= 11 is 0. The van der Waals surface area contributed by atoms with Crippen LogP contribution in [-0.2, 0) is 0 Å². The van der Waals surface area contributed by atoms with Gasteiger partial charge in [0.25, 0.3) is 0 Å². The lowest BCUT2D eigenvalue weighted by Gasteiger charge is -2.02. The van der Waals surface area contributed by atoms with Crippen molar-refractivity contribution in [2.24, 2.45) is 0 Å². The number of aromatic nitrogens is 1. The second-order valence-corrected chi connectivity index (χ2v) is 3.07. The average Bonchev–Trinajstić information content (AvgIpc) is 2.29. The fraction of sp³-hybridized carbons (Fsp3) is 0. The van der Waals surface area contributed by atoms with Crippen LogP contribution in [0, 0.1) is 5.82 Å². The molecule has 0 aliphatic heterocycles. The number of hydrogen-bond acceptors (Lipinski definition) is 2. The molecule has 3 heteroatoms. The van der Waals surface area contributed by atoms with Crippen LogP contribution < -0.4 is 0 Å². The molecular weight excluding hydrogens is 193 g/mol. The highest BCUT2D eigenvalue weighted by Gasteiger charge is 2.05. The van der Waals surface area contributed by atoms with Crippen LogP contribution in [0.25, 0.3) is 11.3 Å². The van der Waals surface area contributed by atoms with E-state index in [-0.39, 0.29) is 5.82 Å². The van der Waals surface area contributed by atoms with Gasteiger partial charge >= 0.3 is 0 Å². The van der Waals surface area contributed by atoms with Crippen LogP contribution in [0.2, 0.25) is 0 Å². The van der Waals surface area contributed by atoms with Crippen LogP contribution in [0.1, 0.15) is 10.4 Å². The van der Waals surface area contributed by atoms with E-state index in [1.807, 2.05) is 0 Å². The van der Waals surface area contributed by atoms with Gasteiger partial charge in [-0.3, -0.25) is 9.78 Å². The minimum Gasteiger partial charge on any atom is -0.298 e. The van der Waals surface area contributed by atoms with Crippen molar-refractivity contribution in [1.82, 2.24) is 4.98 Å². The molecule has 2 aromatic rings. The zero-order valence-electron chi connectivity index (χ0n) is 7.85. The molecule has 15 heavy (non-hydrogen) atoms. The Morgan fingerprint density at radius 3 is 2.80 bits per heavy atom. The summed E-state index contributed by atoms with van der Waals surface area (Å²) in [7, 11) is 0. The Hall–Kier alpha value is -2.03. The molecular formula is C12H8FNO. The van der Waals surface area contributed by atoms with E-state index in [2.05, 4.69) is 4.98 Å². The van der Waals surface area contributed by atoms with E-state index in [4.69, 9.17) is 0 Å². The molecule has 0 fully saturated rings. The van der Waals surface area contributed by atoms with Gasteiger partial charge in [-0.05, 0) is 24.3 Å². The number of aldehydes is 1. The second kappa shape index (κ2) is 4.00. The first-order valence-electron chi connectivity index (χ1n) is 4.47. The van der Waals surface area contributed by atoms with Gasteiger partial charge in [0.15, 0.2) is 6.29 Å². The Morgan fingerprint density at radius 1 is 1.20 bits per heavy atom. The van der Waals surface area contributed by atoms with Crippen LogP contribution in [0.4, 0.5) is 4.39 Å². The monoisotopic (exact) mass is 201 g/mol. The maximum Gasteiger partial charge on any atom is 0.152 e. The van der Waals surface area contributed by atoms with E-state index in [1.165, 1.54) is 12.1 Å². The van der Waals surface area contributed by atoms with Crippen molar-refractivity contribution in [3.63, 3.8) is 0 Å². The predicted molar refractivity (Wildman–Crippen MR) is 55.0 cm³/mol. The van der Waals surface area contributed by atoms with Gasteiger partial charge < -0.3 is 0 Å². The van der Waals surface area contributed by atoms with Gasteiger partial charge in [-0.1, -0.05) is 12.1 Å². The van der Waals surface area contributed by atoms with Crippen molar-refractivity contribution in [3.8, 4) is 11.3 Å². The van der Waals surface area contributed by atoms with Gasteiger partial charge in [-0.25, -0.2) is 4.39 Å². The summed E-state index contributed by atoms with van der Waals surface area (Å²) in [6, 6.07) is 9.35. The van der Waals surface area contributed by atoms with Gasteiger partial charge in [0.05, 0.1) is 5.69 Å². The molecule has 0 unspecified atom stereocenters.